The van der Waals surface area contributed by atoms with Crippen LogP contribution in [0.1, 0.15) is 13.8 Å². The quantitative estimate of drug-likeness (QED) is 0.212. The van der Waals surface area contributed by atoms with Crippen LogP contribution in [0.25, 0.3) is 77.3 Å². The number of para-hydroxylation sites is 3. The van der Waals surface area contributed by atoms with Crippen molar-refractivity contribution in [2.45, 2.75) is 19.6 Å². The van der Waals surface area contributed by atoms with Crippen LogP contribution in [-0.2, 0) is 0 Å². The average molecular weight is 559 g/mol. The highest BCUT2D eigenvalue weighted by molar-refractivity contribution is 6.10. The predicted molar refractivity (Wildman–Crippen MR) is 173 cm³/mol. The van der Waals surface area contributed by atoms with Crippen LogP contribution in [0.15, 0.2) is 130 Å². The second-order valence-corrected chi connectivity index (χ2v) is 11.6. The summed E-state index contributed by atoms with van der Waals surface area (Å²) in [5.74, 6) is 0.692. The van der Waals surface area contributed by atoms with E-state index >= 15 is 0 Å². The first-order chi connectivity index (χ1) is 21.0. The average Bonchev–Trinajstić information content (AvgIpc) is 3.56. The van der Waals surface area contributed by atoms with Gasteiger partial charge in [-0.1, -0.05) is 72.8 Å². The molecule has 0 atom stereocenters. The van der Waals surface area contributed by atoms with E-state index in [1.165, 1.54) is 0 Å². The van der Waals surface area contributed by atoms with Crippen molar-refractivity contribution >= 4 is 43.9 Å². The number of fused-ring (bicyclic) bond motifs is 9. The van der Waals surface area contributed by atoms with Gasteiger partial charge in [-0.25, -0.2) is 0 Å². The third-order valence-corrected chi connectivity index (χ3v) is 8.39. The van der Waals surface area contributed by atoms with Crippen molar-refractivity contribution in [1.82, 2.24) is 0 Å². The number of ether oxygens (including phenoxy) is 2. The van der Waals surface area contributed by atoms with E-state index in [0.717, 1.165) is 88.8 Å². The number of hydrogen-bond acceptors (Lipinski definition) is 4. The second kappa shape index (κ2) is 8.76. The molecule has 6 aromatic carbocycles. The number of benzene rings is 6. The molecule has 4 nitrogen and oxygen atoms in total. The molecule has 0 amide bonds. The summed E-state index contributed by atoms with van der Waals surface area (Å²) in [7, 11) is 0. The number of furan rings is 2. The normalized spacial score (nSPS) is 13.9. The number of rotatable bonds is 2. The minimum Gasteiger partial charge on any atom is -0.456 e. The van der Waals surface area contributed by atoms with Gasteiger partial charge in [0.25, 0.3) is 0 Å². The smallest absolute Gasteiger partial charge is 0.245 e. The molecule has 0 bridgehead atoms. The molecule has 0 saturated carbocycles. The number of hydrogen-bond donors (Lipinski definition) is 0. The maximum absolute atomic E-state index is 6.54. The van der Waals surface area contributed by atoms with Crippen LogP contribution in [0.5, 0.6) is 11.5 Å². The fraction of sp³-hybridized carbons (Fsp3) is 0.0769. The summed E-state index contributed by atoms with van der Waals surface area (Å²) in [5.41, 5.74) is 9.77. The van der Waals surface area contributed by atoms with Crippen molar-refractivity contribution in [2.75, 3.05) is 0 Å². The van der Waals surface area contributed by atoms with Gasteiger partial charge in [-0.05, 0) is 65.2 Å². The lowest BCUT2D eigenvalue weighted by Gasteiger charge is -2.25. The van der Waals surface area contributed by atoms with E-state index in [1.807, 2.05) is 56.3 Å². The molecular weight excluding hydrogens is 532 g/mol. The Balaban J connectivity index is 1.20. The molecule has 206 valence electrons. The highest BCUT2D eigenvalue weighted by atomic mass is 16.7. The van der Waals surface area contributed by atoms with Gasteiger partial charge >= 0.3 is 0 Å². The Morgan fingerprint density at radius 2 is 1.07 bits per heavy atom. The van der Waals surface area contributed by atoms with Crippen LogP contribution in [0, 0.1) is 0 Å². The summed E-state index contributed by atoms with van der Waals surface area (Å²) in [5, 5.41) is 4.44. The summed E-state index contributed by atoms with van der Waals surface area (Å²) in [4.78, 5) is 0. The summed E-state index contributed by atoms with van der Waals surface area (Å²) in [6.45, 7) is 3.90. The molecule has 43 heavy (non-hydrogen) atoms. The maximum Gasteiger partial charge on any atom is 0.245 e. The molecule has 1 aliphatic heterocycles. The molecule has 0 radical (unpaired) electrons. The van der Waals surface area contributed by atoms with E-state index in [9.17, 15) is 0 Å². The van der Waals surface area contributed by atoms with Gasteiger partial charge in [0.05, 0.1) is 0 Å². The molecule has 0 unspecified atom stereocenters. The lowest BCUT2D eigenvalue weighted by Crippen LogP contribution is -2.34. The molecule has 4 heteroatoms. The zero-order valence-electron chi connectivity index (χ0n) is 23.7. The van der Waals surface area contributed by atoms with Crippen molar-refractivity contribution in [2.24, 2.45) is 0 Å². The molecule has 8 aromatic rings. The first-order valence-electron chi connectivity index (χ1n) is 14.5. The van der Waals surface area contributed by atoms with Crippen molar-refractivity contribution in [3.63, 3.8) is 0 Å². The topological polar surface area (TPSA) is 44.7 Å². The Morgan fingerprint density at radius 3 is 1.93 bits per heavy atom. The van der Waals surface area contributed by atoms with Crippen LogP contribution < -0.4 is 9.47 Å². The summed E-state index contributed by atoms with van der Waals surface area (Å²) in [6.07, 6.45) is 0. The zero-order chi connectivity index (χ0) is 28.7. The molecule has 0 N–H and O–H groups in total. The van der Waals surface area contributed by atoms with E-state index in [-0.39, 0.29) is 0 Å². The van der Waals surface area contributed by atoms with Crippen LogP contribution in [0.4, 0.5) is 0 Å². The lowest BCUT2D eigenvalue weighted by atomic mass is 9.94. The predicted octanol–water partition coefficient (Wildman–Crippen LogP) is 11.0. The third kappa shape index (κ3) is 3.76. The Hall–Kier alpha value is -5.48. The summed E-state index contributed by atoms with van der Waals surface area (Å²) < 4.78 is 25.4. The maximum atomic E-state index is 6.54. The van der Waals surface area contributed by atoms with Gasteiger partial charge in [-0.3, -0.25) is 0 Å². The fourth-order valence-corrected chi connectivity index (χ4v) is 6.44. The molecule has 0 spiro atoms. The second-order valence-electron chi connectivity index (χ2n) is 11.6. The highest BCUT2D eigenvalue weighted by Gasteiger charge is 2.30. The highest BCUT2D eigenvalue weighted by Crippen LogP contribution is 2.47. The van der Waals surface area contributed by atoms with E-state index in [1.54, 1.807) is 0 Å². The molecule has 0 aliphatic carbocycles. The molecule has 2 aromatic heterocycles. The Kier molecular flexibility index (Phi) is 4.92. The Labute approximate surface area is 247 Å². The van der Waals surface area contributed by atoms with Crippen LogP contribution >= 0.6 is 0 Å². The lowest BCUT2D eigenvalue weighted by molar-refractivity contribution is -0.0778. The van der Waals surface area contributed by atoms with Crippen molar-refractivity contribution in [3.05, 3.63) is 121 Å². The molecule has 3 heterocycles. The molecule has 9 rings (SSSR count). The van der Waals surface area contributed by atoms with Gasteiger partial charge < -0.3 is 18.3 Å². The van der Waals surface area contributed by atoms with Gasteiger partial charge in [0.15, 0.2) is 0 Å². The van der Waals surface area contributed by atoms with Gasteiger partial charge in [0.2, 0.25) is 5.79 Å². The van der Waals surface area contributed by atoms with Gasteiger partial charge in [-0.2, -0.15) is 0 Å². The minimum atomic E-state index is -0.861. The fourth-order valence-electron chi connectivity index (χ4n) is 6.44. The standard InChI is InChI=1S/C39H26O4/c1-39(2)42-36-19-16-24(23-15-18-35-31(20-23)28-9-4-5-12-33(28)40-35)21-32(36)29-17-14-25(22-37(29)43-39)26-10-7-11-30-27-8-3-6-13-34(27)41-38(26)30/h3-22H,1-2H3. The molecular formula is C39H26O4. The monoisotopic (exact) mass is 558 g/mol. The van der Waals surface area contributed by atoms with E-state index in [0.29, 0.717) is 0 Å². The van der Waals surface area contributed by atoms with E-state index < -0.39 is 5.79 Å². The Bertz CT molecular complexity index is 2390. The molecule has 1 aliphatic rings. The van der Waals surface area contributed by atoms with E-state index in [4.69, 9.17) is 18.3 Å². The zero-order valence-corrected chi connectivity index (χ0v) is 23.7. The first kappa shape index (κ1) is 24.2. The third-order valence-electron chi connectivity index (χ3n) is 8.39. The van der Waals surface area contributed by atoms with E-state index in [2.05, 4.69) is 78.9 Å². The van der Waals surface area contributed by atoms with Gasteiger partial charge in [0.1, 0.15) is 33.8 Å². The Morgan fingerprint density at radius 1 is 0.419 bits per heavy atom. The van der Waals surface area contributed by atoms with Crippen LogP contribution in [0.3, 0.4) is 0 Å². The molecule has 0 saturated heterocycles. The van der Waals surface area contributed by atoms with Crippen LogP contribution in [0.2, 0.25) is 0 Å². The SMILES string of the molecule is CC1(C)Oc2cc(-c3cccc4c3oc3ccccc34)ccc2-c2cc(-c3ccc4oc5ccccc5c4c3)ccc2O1. The van der Waals surface area contributed by atoms with Crippen molar-refractivity contribution < 1.29 is 18.3 Å². The minimum absolute atomic E-state index is 0.766. The largest absolute Gasteiger partial charge is 0.456 e. The van der Waals surface area contributed by atoms with Gasteiger partial charge in [0, 0.05) is 52.1 Å². The van der Waals surface area contributed by atoms with Gasteiger partial charge in [-0.15, -0.1) is 0 Å². The first-order valence-corrected chi connectivity index (χ1v) is 14.5. The summed E-state index contributed by atoms with van der Waals surface area (Å²) in [6, 6.07) is 41.7. The van der Waals surface area contributed by atoms with Crippen molar-refractivity contribution in [3.8, 4) is 44.9 Å². The molecule has 0 fully saturated rings. The van der Waals surface area contributed by atoms with Crippen molar-refractivity contribution in [1.29, 1.82) is 0 Å². The summed E-state index contributed by atoms with van der Waals surface area (Å²) >= 11 is 0. The van der Waals surface area contributed by atoms with Crippen LogP contribution in [-0.4, -0.2) is 5.79 Å².